The van der Waals surface area contributed by atoms with Gasteiger partial charge in [-0.2, -0.15) is 0 Å². The summed E-state index contributed by atoms with van der Waals surface area (Å²) in [5.41, 5.74) is 4.42. The number of carbonyl (C=O) groups excluding carboxylic acids is 1. The summed E-state index contributed by atoms with van der Waals surface area (Å²) in [6.07, 6.45) is 3.86. The molecule has 1 aliphatic carbocycles. The molecular formula is C17H16O. The summed E-state index contributed by atoms with van der Waals surface area (Å²) >= 11 is 0. The zero-order chi connectivity index (χ0) is 12.4. The van der Waals surface area contributed by atoms with Crippen LogP contribution in [-0.4, -0.2) is 5.78 Å². The number of rotatable bonds is 1. The lowest BCUT2D eigenvalue weighted by molar-refractivity contribution is 0.0982. The molecule has 0 atom stereocenters. The minimum absolute atomic E-state index is 0.307. The summed E-state index contributed by atoms with van der Waals surface area (Å²) < 4.78 is 0. The van der Waals surface area contributed by atoms with E-state index in [1.165, 1.54) is 5.56 Å². The number of aryl methyl sites for hydroxylation is 1. The van der Waals surface area contributed by atoms with E-state index in [2.05, 4.69) is 30.3 Å². The molecule has 2 aromatic rings. The molecule has 0 amide bonds. The first-order valence-electron chi connectivity index (χ1n) is 6.57. The van der Waals surface area contributed by atoms with Crippen molar-refractivity contribution in [3.63, 3.8) is 0 Å². The van der Waals surface area contributed by atoms with Crippen molar-refractivity contribution in [1.82, 2.24) is 0 Å². The van der Waals surface area contributed by atoms with Crippen molar-refractivity contribution in [2.45, 2.75) is 25.7 Å². The molecule has 0 aromatic heterocycles. The van der Waals surface area contributed by atoms with Crippen molar-refractivity contribution < 1.29 is 4.79 Å². The maximum atomic E-state index is 12.3. The second-order valence-electron chi connectivity index (χ2n) is 4.84. The summed E-state index contributed by atoms with van der Waals surface area (Å²) in [6, 6.07) is 16.4. The molecule has 0 fully saturated rings. The molecule has 0 bridgehead atoms. The highest BCUT2D eigenvalue weighted by atomic mass is 16.1. The van der Waals surface area contributed by atoms with E-state index in [0.29, 0.717) is 12.2 Å². The molecule has 1 aliphatic rings. The smallest absolute Gasteiger partial charge is 0.163 e. The third-order valence-electron chi connectivity index (χ3n) is 3.61. The van der Waals surface area contributed by atoms with E-state index in [9.17, 15) is 4.79 Å². The highest BCUT2D eigenvalue weighted by Gasteiger charge is 2.19. The Morgan fingerprint density at radius 1 is 0.778 bits per heavy atom. The van der Waals surface area contributed by atoms with Crippen LogP contribution in [0.15, 0.2) is 48.5 Å². The zero-order valence-corrected chi connectivity index (χ0v) is 10.4. The fraction of sp³-hybridized carbons (Fsp3) is 0.235. The van der Waals surface area contributed by atoms with Gasteiger partial charge in [-0.05, 0) is 36.0 Å². The standard InChI is InChI=1S/C17H16O/c18-16-12-5-4-9-14-10-6-11-15(17(14)16)13-7-2-1-3-8-13/h1-3,6-8,10-11H,4-5,9,12H2. The maximum Gasteiger partial charge on any atom is 0.163 e. The van der Waals surface area contributed by atoms with Gasteiger partial charge in [-0.15, -0.1) is 0 Å². The number of hydrogen-bond donors (Lipinski definition) is 0. The molecular weight excluding hydrogens is 220 g/mol. The summed E-state index contributed by atoms with van der Waals surface area (Å²) in [7, 11) is 0. The van der Waals surface area contributed by atoms with Gasteiger partial charge in [0.1, 0.15) is 0 Å². The van der Waals surface area contributed by atoms with Crippen LogP contribution in [0.3, 0.4) is 0 Å². The van der Waals surface area contributed by atoms with Crippen LogP contribution >= 0.6 is 0 Å². The van der Waals surface area contributed by atoms with Crippen molar-refractivity contribution in [1.29, 1.82) is 0 Å². The molecule has 2 aromatic carbocycles. The summed E-state index contributed by atoms with van der Waals surface area (Å²) in [5.74, 6) is 0.307. The molecule has 18 heavy (non-hydrogen) atoms. The van der Waals surface area contributed by atoms with Crippen LogP contribution < -0.4 is 0 Å². The topological polar surface area (TPSA) is 17.1 Å². The number of benzene rings is 2. The van der Waals surface area contributed by atoms with Crippen LogP contribution in [0.25, 0.3) is 11.1 Å². The molecule has 1 heteroatoms. The van der Waals surface area contributed by atoms with E-state index >= 15 is 0 Å². The molecule has 0 spiro atoms. The molecule has 0 radical (unpaired) electrons. The highest BCUT2D eigenvalue weighted by molar-refractivity contribution is 6.04. The van der Waals surface area contributed by atoms with Gasteiger partial charge in [0, 0.05) is 12.0 Å². The van der Waals surface area contributed by atoms with E-state index in [0.717, 1.165) is 36.0 Å². The lowest BCUT2D eigenvalue weighted by Crippen LogP contribution is -2.03. The van der Waals surface area contributed by atoms with Gasteiger partial charge in [-0.25, -0.2) is 0 Å². The highest BCUT2D eigenvalue weighted by Crippen LogP contribution is 2.30. The molecule has 0 saturated heterocycles. The molecule has 0 aliphatic heterocycles. The van der Waals surface area contributed by atoms with Gasteiger partial charge in [0.2, 0.25) is 0 Å². The van der Waals surface area contributed by atoms with Crippen LogP contribution in [0.5, 0.6) is 0 Å². The Labute approximate surface area is 107 Å². The van der Waals surface area contributed by atoms with E-state index in [1.54, 1.807) is 0 Å². The van der Waals surface area contributed by atoms with Gasteiger partial charge in [-0.3, -0.25) is 4.79 Å². The number of carbonyl (C=O) groups is 1. The summed E-state index contributed by atoms with van der Waals surface area (Å²) in [6.45, 7) is 0. The Morgan fingerprint density at radius 2 is 1.56 bits per heavy atom. The molecule has 0 heterocycles. The zero-order valence-electron chi connectivity index (χ0n) is 10.4. The Hall–Kier alpha value is -1.89. The minimum Gasteiger partial charge on any atom is -0.294 e. The fourth-order valence-corrected chi connectivity index (χ4v) is 2.72. The minimum atomic E-state index is 0.307. The molecule has 0 N–H and O–H groups in total. The molecule has 0 saturated carbocycles. The van der Waals surface area contributed by atoms with Gasteiger partial charge < -0.3 is 0 Å². The van der Waals surface area contributed by atoms with Gasteiger partial charge in [0.25, 0.3) is 0 Å². The Balaban J connectivity index is 2.19. The normalized spacial score (nSPS) is 15.0. The monoisotopic (exact) mass is 236 g/mol. The predicted octanol–water partition coefficient (Wildman–Crippen LogP) is 4.26. The van der Waals surface area contributed by atoms with E-state index in [-0.39, 0.29) is 0 Å². The number of hydrogen-bond acceptors (Lipinski definition) is 1. The SMILES string of the molecule is O=C1CCCCc2cccc(-c3ccccc3)c21. The largest absolute Gasteiger partial charge is 0.294 e. The van der Waals surface area contributed by atoms with Crippen molar-refractivity contribution in [3.8, 4) is 11.1 Å². The summed E-state index contributed by atoms with van der Waals surface area (Å²) in [4.78, 5) is 12.3. The Kier molecular flexibility index (Phi) is 2.97. The van der Waals surface area contributed by atoms with Gasteiger partial charge in [0.05, 0.1) is 0 Å². The van der Waals surface area contributed by atoms with E-state index in [4.69, 9.17) is 0 Å². The third-order valence-corrected chi connectivity index (χ3v) is 3.61. The molecule has 90 valence electrons. The van der Waals surface area contributed by atoms with Crippen molar-refractivity contribution in [3.05, 3.63) is 59.7 Å². The Morgan fingerprint density at radius 3 is 2.39 bits per heavy atom. The quantitative estimate of drug-likeness (QED) is 0.676. The summed E-state index contributed by atoms with van der Waals surface area (Å²) in [5, 5.41) is 0. The van der Waals surface area contributed by atoms with E-state index < -0.39 is 0 Å². The number of Topliss-reactive ketones (excluding diaryl/α,β-unsaturated/α-hetero) is 1. The van der Waals surface area contributed by atoms with Crippen LogP contribution in [0.1, 0.15) is 35.2 Å². The van der Waals surface area contributed by atoms with Gasteiger partial charge in [0.15, 0.2) is 5.78 Å². The maximum absolute atomic E-state index is 12.3. The van der Waals surface area contributed by atoms with Crippen molar-refractivity contribution >= 4 is 5.78 Å². The first-order valence-corrected chi connectivity index (χ1v) is 6.57. The first kappa shape index (κ1) is 11.2. The molecule has 0 unspecified atom stereocenters. The van der Waals surface area contributed by atoms with Crippen LogP contribution in [-0.2, 0) is 6.42 Å². The lowest BCUT2D eigenvalue weighted by Gasteiger charge is -2.11. The lowest BCUT2D eigenvalue weighted by atomic mass is 9.92. The van der Waals surface area contributed by atoms with Crippen LogP contribution in [0.2, 0.25) is 0 Å². The van der Waals surface area contributed by atoms with Crippen molar-refractivity contribution in [2.75, 3.05) is 0 Å². The molecule has 3 rings (SSSR count). The van der Waals surface area contributed by atoms with Gasteiger partial charge >= 0.3 is 0 Å². The average Bonchev–Trinajstić information content (AvgIpc) is 2.62. The number of ketones is 1. The van der Waals surface area contributed by atoms with Gasteiger partial charge in [-0.1, -0.05) is 48.5 Å². The van der Waals surface area contributed by atoms with E-state index in [1.807, 2.05) is 18.2 Å². The first-order chi connectivity index (χ1) is 8.86. The predicted molar refractivity (Wildman–Crippen MR) is 73.8 cm³/mol. The molecule has 1 nitrogen and oxygen atoms in total. The Bertz CT molecular complexity index is 569. The second-order valence-corrected chi connectivity index (χ2v) is 4.84. The van der Waals surface area contributed by atoms with Crippen LogP contribution in [0, 0.1) is 0 Å². The second kappa shape index (κ2) is 4.77. The fourth-order valence-electron chi connectivity index (χ4n) is 2.72. The van der Waals surface area contributed by atoms with Crippen molar-refractivity contribution in [2.24, 2.45) is 0 Å². The average molecular weight is 236 g/mol. The number of fused-ring (bicyclic) bond motifs is 1. The third kappa shape index (κ3) is 1.97. The van der Waals surface area contributed by atoms with Crippen LogP contribution in [0.4, 0.5) is 0 Å².